The maximum atomic E-state index is 13.4. The Bertz CT molecular complexity index is 6850. The molecule has 1 saturated carbocycles. The molecule has 8 heterocycles. The van der Waals surface area contributed by atoms with Gasteiger partial charge in [-0.25, -0.2) is 19.9 Å². The van der Waals surface area contributed by atoms with E-state index in [1.54, 1.807) is 123 Å². The van der Waals surface area contributed by atoms with Crippen LogP contribution in [0.4, 0.5) is 52.7 Å². The van der Waals surface area contributed by atoms with Crippen molar-refractivity contribution in [3.8, 4) is 0 Å². The fourth-order valence-electron chi connectivity index (χ4n) is 20.8. The smallest absolute Gasteiger partial charge is 0.339 e. The molecule has 5 fully saturated rings. The van der Waals surface area contributed by atoms with Crippen molar-refractivity contribution >= 4 is 161 Å². The number of aryl methyl sites for hydroxylation is 8. The third kappa shape index (κ3) is 23.6. The number of hydrogen-bond acceptors (Lipinski definition) is 8. The molecule has 1 spiro atoms. The van der Waals surface area contributed by atoms with Crippen molar-refractivity contribution in [2.45, 2.75) is 216 Å². The molecule has 5 aliphatic rings. The van der Waals surface area contributed by atoms with Crippen molar-refractivity contribution in [2.24, 2.45) is 62.2 Å². The Morgan fingerprint density at radius 2 is 0.580 bits per heavy atom. The molecule has 0 N–H and O–H groups in total. The van der Waals surface area contributed by atoms with Crippen molar-refractivity contribution in [3.63, 3.8) is 0 Å². The third-order valence-electron chi connectivity index (χ3n) is 30.5. The van der Waals surface area contributed by atoms with E-state index in [4.69, 9.17) is 92.8 Å². The zero-order chi connectivity index (χ0) is 104. The van der Waals surface area contributed by atoms with Crippen LogP contribution in [0.2, 0.25) is 40.2 Å². The van der Waals surface area contributed by atoms with Crippen LogP contribution < -0.4 is 0 Å². The zero-order valence-corrected chi connectivity index (χ0v) is 88.5. The molecule has 0 bridgehead atoms. The normalized spacial score (nSPS) is 16.1. The SMILES string of the molecule is CCC(C)(C)C1CCN(C(=O)c2ccc(Cl)c(Cc3nc4c(C)cc(C(F)(F)F)cc4n3C)c2Cl)CC1.CCC1CCN(C(=O)c2ccc(Cl)c(Cc3nc4c(C)cc(C(F)(F)F)cc4n3C)c2Cl)CC1.Cc1cc(C(F)(F)F)cc2c1nc(Cc1c(Cl)ccc(C(=O)N3CCC(C(C)(C)C)CC3)c1Cl)n2C.Cc1cc(C(F)(F)F)cc2c1nc(Cc1c(Cl)ccc(C(=O)N3CCC4(CCCC4)CC3)c1Cl)n2C. The molecule has 8 aromatic carbocycles. The summed E-state index contributed by atoms with van der Waals surface area (Å²) in [5, 5.41) is 2.57. The zero-order valence-electron chi connectivity index (χ0n) is 82.4. The number of fused-ring (bicyclic) bond motifs is 4. The molecule has 16 nitrogen and oxygen atoms in total. The quantitative estimate of drug-likeness (QED) is 0.0920. The van der Waals surface area contributed by atoms with Gasteiger partial charge in [0.15, 0.2) is 0 Å². The molecule has 4 aromatic heterocycles. The van der Waals surface area contributed by atoms with Gasteiger partial charge >= 0.3 is 24.7 Å². The van der Waals surface area contributed by atoms with E-state index in [1.165, 1.54) is 25.7 Å². The highest BCUT2D eigenvalue weighted by Gasteiger charge is 2.43. The Kier molecular flexibility index (Phi) is 33.0. The van der Waals surface area contributed by atoms with Crippen LogP contribution in [-0.2, 0) is 78.6 Å². The standard InChI is InChI=1S/C28H32Cl2F3N3O.C27H28Cl2F3N3O.C27H30Cl2F3N3O.C25H26Cl2F3N3O/c1-6-27(3,4)17-9-11-36(12-10-17)26(37)19-7-8-21(29)20(24(19)30)15-23-34-25-16(2)13-18(28(31,32)33)14-22(25)35(23)5;1-16-13-17(27(30,31)32)14-21-24(16)33-22(34(21)2)15-19-20(28)6-5-18(23(19)29)25(36)35-11-9-26(10-12-35)7-3-4-8-26;1-15-12-17(27(30,31)32)13-21-24(15)33-22(34(21)5)14-19-20(28)7-6-18(23(19)29)25(36)35-10-8-16(9-11-35)26(2,3)4;1-4-15-7-9-33(10-8-15)24(34)17-5-6-19(26)18(22(17)27)13-21-31-23-14(2)11-16(25(28,29)30)12-20(23)32(21)3/h7-8,13-14,17H,6,9-12,15H2,1-5H3;5-6,13-14H,3-4,7-12,15H2,1-2H3;6-7,12-13,16H,8-11,14H2,1-5H3;5-6,11-12,15H,4,7-10,13H2,1-3H3. The maximum absolute atomic E-state index is 13.4. The topological polar surface area (TPSA) is 153 Å². The van der Waals surface area contributed by atoms with Gasteiger partial charge in [-0.1, -0.05) is 167 Å². The van der Waals surface area contributed by atoms with Gasteiger partial charge in [0.2, 0.25) is 0 Å². The lowest BCUT2D eigenvalue weighted by atomic mass is 9.72. The Hall–Kier alpha value is -9.00. The lowest BCUT2D eigenvalue weighted by molar-refractivity contribution is -0.138. The monoisotopic (exact) mass is 2140 g/mol. The van der Waals surface area contributed by atoms with E-state index in [2.05, 4.69) is 68.4 Å². The average Bonchev–Trinajstić information content (AvgIpc) is 1.61. The number of benzene rings is 8. The highest BCUT2D eigenvalue weighted by molar-refractivity contribution is 6.40. The second-order valence-corrected chi connectivity index (χ2v) is 43.9. The van der Waals surface area contributed by atoms with Crippen LogP contribution in [-0.4, -0.2) is 134 Å². The molecule has 4 saturated heterocycles. The molecular weight excluding hydrogens is 2030 g/mol. The van der Waals surface area contributed by atoms with E-state index >= 15 is 0 Å². The van der Waals surface area contributed by atoms with E-state index < -0.39 is 47.0 Å². The first-order valence-corrected chi connectivity index (χ1v) is 51.1. The summed E-state index contributed by atoms with van der Waals surface area (Å²) < 4.78 is 167. The Morgan fingerprint density at radius 1 is 0.343 bits per heavy atom. The van der Waals surface area contributed by atoms with Crippen LogP contribution >= 0.6 is 92.8 Å². The summed E-state index contributed by atoms with van der Waals surface area (Å²) in [6.45, 7) is 27.6. The summed E-state index contributed by atoms with van der Waals surface area (Å²) in [7, 11) is 6.68. The molecule has 4 aliphatic heterocycles. The number of imidazole rings is 4. The van der Waals surface area contributed by atoms with E-state index in [1.807, 2.05) is 19.6 Å². The van der Waals surface area contributed by atoms with Crippen molar-refractivity contribution in [2.75, 3.05) is 52.4 Å². The molecule has 17 rings (SSSR count). The molecule has 0 unspecified atom stereocenters. The summed E-state index contributed by atoms with van der Waals surface area (Å²) >= 11 is 52.8. The molecule has 36 heteroatoms. The maximum Gasteiger partial charge on any atom is 0.416 e. The second kappa shape index (κ2) is 43.1. The molecule has 12 aromatic rings. The predicted octanol–water partition coefficient (Wildman–Crippen LogP) is 30.4. The fraction of sp³-hybridized carbons (Fsp3) is 0.477. The highest BCUT2D eigenvalue weighted by atomic mass is 35.5. The van der Waals surface area contributed by atoms with Crippen molar-refractivity contribution < 1.29 is 71.9 Å². The van der Waals surface area contributed by atoms with Crippen LogP contribution in [0.3, 0.4) is 0 Å². The third-order valence-corrected chi connectivity index (χ3v) is 33.6. The molecule has 143 heavy (non-hydrogen) atoms. The van der Waals surface area contributed by atoms with Gasteiger partial charge in [-0.15, -0.1) is 0 Å². The number of halogens is 20. The first kappa shape index (κ1) is 110. The fourth-order valence-corrected chi connectivity index (χ4v) is 23.1. The lowest BCUT2D eigenvalue weighted by Crippen LogP contribution is -2.42. The van der Waals surface area contributed by atoms with E-state index in [0.717, 1.165) is 126 Å². The summed E-state index contributed by atoms with van der Waals surface area (Å²) in [5.74, 6) is 3.28. The summed E-state index contributed by atoms with van der Waals surface area (Å²) in [5.41, 5.74) is 6.83. The van der Waals surface area contributed by atoms with Gasteiger partial charge in [-0.3, -0.25) is 19.2 Å². The number of nitrogens with zero attached hydrogens (tertiary/aromatic N) is 12. The number of alkyl halides is 12. The van der Waals surface area contributed by atoms with Gasteiger partial charge in [-0.05, 0) is 267 Å². The summed E-state index contributed by atoms with van der Waals surface area (Å²) in [4.78, 5) is 79.1. The molecule has 4 amide bonds. The number of aromatic nitrogens is 8. The van der Waals surface area contributed by atoms with Gasteiger partial charge in [-0.2, -0.15) is 52.7 Å². The molecule has 768 valence electrons. The van der Waals surface area contributed by atoms with Gasteiger partial charge in [0, 0.05) is 126 Å². The van der Waals surface area contributed by atoms with Crippen molar-refractivity contribution in [1.29, 1.82) is 0 Å². The first-order valence-electron chi connectivity index (χ1n) is 48.1. The number of likely N-dealkylation sites (tertiary alicyclic amines) is 4. The minimum Gasteiger partial charge on any atom is -0.339 e. The Balaban J connectivity index is 0.000000151. The van der Waals surface area contributed by atoms with E-state index in [-0.39, 0.29) is 80.2 Å². The first-order chi connectivity index (χ1) is 66.9. The highest BCUT2D eigenvalue weighted by Crippen LogP contribution is 2.49. The Labute approximate surface area is 864 Å². The van der Waals surface area contributed by atoms with E-state index in [9.17, 15) is 71.9 Å². The van der Waals surface area contributed by atoms with Crippen LogP contribution in [0.5, 0.6) is 0 Å². The number of carbonyl (C=O) groups is 4. The van der Waals surface area contributed by atoms with Gasteiger partial charge < -0.3 is 37.9 Å². The van der Waals surface area contributed by atoms with Gasteiger partial charge in [0.05, 0.1) is 109 Å². The molecule has 0 radical (unpaired) electrons. The lowest BCUT2D eigenvalue weighted by Gasteiger charge is -2.40. The number of hydrogen-bond donors (Lipinski definition) is 0. The van der Waals surface area contributed by atoms with Crippen LogP contribution in [0.15, 0.2) is 97.1 Å². The van der Waals surface area contributed by atoms with Gasteiger partial charge in [0.1, 0.15) is 23.3 Å². The van der Waals surface area contributed by atoms with Crippen molar-refractivity contribution in [1.82, 2.24) is 57.8 Å². The number of piperidine rings is 4. The summed E-state index contributed by atoms with van der Waals surface area (Å²) in [6, 6.07) is 22.0. The number of carbonyl (C=O) groups excluding carboxylic acids is 4. The van der Waals surface area contributed by atoms with Crippen LogP contribution in [0.1, 0.15) is 270 Å². The molecule has 1 aliphatic carbocycles. The minimum absolute atomic E-state index is 0.110. The number of rotatable bonds is 15. The van der Waals surface area contributed by atoms with E-state index in [0.29, 0.717) is 217 Å². The summed E-state index contributed by atoms with van der Waals surface area (Å²) in [6.07, 6.45) is -2.05. The van der Waals surface area contributed by atoms with Crippen LogP contribution in [0, 0.1) is 61.7 Å². The molecular formula is C107H116Cl8F12N12O4. The second-order valence-electron chi connectivity index (χ2n) is 40.7. The average molecular weight is 2150 g/mol. The largest absolute Gasteiger partial charge is 0.416 e. The van der Waals surface area contributed by atoms with Gasteiger partial charge in [0.25, 0.3) is 23.6 Å². The van der Waals surface area contributed by atoms with Crippen molar-refractivity contribution in [3.05, 3.63) is 250 Å². The predicted molar refractivity (Wildman–Crippen MR) is 545 cm³/mol. The number of amides is 4. The Morgan fingerprint density at radius 3 is 0.811 bits per heavy atom. The van der Waals surface area contributed by atoms with Crippen LogP contribution in [0.25, 0.3) is 44.1 Å². The molecule has 0 atom stereocenters. The minimum atomic E-state index is -4.45.